The molecule has 130 valence electrons. The van der Waals surface area contributed by atoms with E-state index in [0.29, 0.717) is 17.7 Å². The highest BCUT2D eigenvalue weighted by Crippen LogP contribution is 2.11. The van der Waals surface area contributed by atoms with E-state index in [1.807, 2.05) is 19.9 Å². The van der Waals surface area contributed by atoms with E-state index in [-0.39, 0.29) is 12.5 Å². The Hall–Kier alpha value is -2.36. The Balaban J connectivity index is 2.63. The van der Waals surface area contributed by atoms with E-state index in [4.69, 9.17) is 4.74 Å². The third-order valence-corrected chi connectivity index (χ3v) is 3.47. The number of ether oxygens (including phenoxy) is 1. The topological polar surface area (TPSA) is 55.4 Å². The van der Waals surface area contributed by atoms with Crippen molar-refractivity contribution in [3.05, 3.63) is 58.7 Å². The van der Waals surface area contributed by atoms with Gasteiger partial charge in [-0.3, -0.25) is 4.79 Å². The van der Waals surface area contributed by atoms with Crippen molar-refractivity contribution in [3.8, 4) is 0 Å². The molecule has 0 saturated heterocycles. The van der Waals surface area contributed by atoms with E-state index >= 15 is 0 Å². The lowest BCUT2D eigenvalue weighted by Gasteiger charge is -2.08. The first-order valence-electron chi connectivity index (χ1n) is 8.29. The van der Waals surface area contributed by atoms with Gasteiger partial charge < -0.3 is 10.1 Å². The van der Waals surface area contributed by atoms with Crippen molar-refractivity contribution in [2.75, 3.05) is 13.2 Å². The molecule has 0 fully saturated rings. The minimum Gasteiger partial charge on any atom is -0.458 e. The predicted octanol–water partition coefficient (Wildman–Crippen LogP) is 4.29. The standard InChI is InChI=1S/C20H27NO3/c1-5-21-19(22)17-11-6-7-12-18(17)20(23)24-14-13-16(4)10-8-9-15(2)3/h6-7,9,11-13H,5,8,10,14H2,1-4H3,(H,21,22)/b16-13+. The Morgan fingerprint density at radius 3 is 2.38 bits per heavy atom. The molecule has 0 spiro atoms. The van der Waals surface area contributed by atoms with Gasteiger partial charge in [-0.05, 0) is 58.7 Å². The van der Waals surface area contributed by atoms with Crippen LogP contribution in [-0.4, -0.2) is 25.0 Å². The second-order valence-electron chi connectivity index (χ2n) is 5.87. The van der Waals surface area contributed by atoms with Gasteiger partial charge in [0.25, 0.3) is 5.91 Å². The Morgan fingerprint density at radius 1 is 1.08 bits per heavy atom. The van der Waals surface area contributed by atoms with Crippen LogP contribution in [0.1, 0.15) is 61.3 Å². The van der Waals surface area contributed by atoms with Crippen molar-refractivity contribution in [2.24, 2.45) is 0 Å². The van der Waals surface area contributed by atoms with E-state index in [1.54, 1.807) is 24.3 Å². The van der Waals surface area contributed by atoms with Crippen LogP contribution in [0.15, 0.2) is 47.6 Å². The van der Waals surface area contributed by atoms with Crippen molar-refractivity contribution in [2.45, 2.75) is 40.5 Å². The lowest BCUT2D eigenvalue weighted by Crippen LogP contribution is -2.25. The van der Waals surface area contributed by atoms with Gasteiger partial charge in [0.2, 0.25) is 0 Å². The van der Waals surface area contributed by atoms with Crippen molar-refractivity contribution < 1.29 is 14.3 Å². The number of nitrogens with one attached hydrogen (secondary N) is 1. The van der Waals surface area contributed by atoms with Gasteiger partial charge in [0.1, 0.15) is 6.61 Å². The van der Waals surface area contributed by atoms with Crippen LogP contribution in [0.25, 0.3) is 0 Å². The highest BCUT2D eigenvalue weighted by molar-refractivity contribution is 6.05. The molecule has 24 heavy (non-hydrogen) atoms. The van der Waals surface area contributed by atoms with Crippen LogP contribution in [-0.2, 0) is 4.74 Å². The molecule has 1 aromatic carbocycles. The predicted molar refractivity (Wildman–Crippen MR) is 97.2 cm³/mol. The number of allylic oxidation sites excluding steroid dienone is 3. The molecule has 1 rings (SSSR count). The first kappa shape index (κ1) is 19.7. The number of hydrogen-bond acceptors (Lipinski definition) is 3. The Kier molecular flexibility index (Phi) is 8.55. The number of carbonyl (C=O) groups is 2. The summed E-state index contributed by atoms with van der Waals surface area (Å²) in [4.78, 5) is 24.2. The molecule has 4 nitrogen and oxygen atoms in total. The van der Waals surface area contributed by atoms with Gasteiger partial charge >= 0.3 is 5.97 Å². The first-order chi connectivity index (χ1) is 11.5. The smallest absolute Gasteiger partial charge is 0.339 e. The summed E-state index contributed by atoms with van der Waals surface area (Å²) in [5.74, 6) is -0.747. The average molecular weight is 329 g/mol. The summed E-state index contributed by atoms with van der Waals surface area (Å²) in [6.07, 6.45) is 6.02. The molecule has 0 aliphatic heterocycles. The molecule has 1 amide bonds. The van der Waals surface area contributed by atoms with Crippen LogP contribution < -0.4 is 5.32 Å². The maximum absolute atomic E-state index is 12.2. The largest absolute Gasteiger partial charge is 0.458 e. The number of rotatable bonds is 8. The van der Waals surface area contributed by atoms with Crippen molar-refractivity contribution >= 4 is 11.9 Å². The fourth-order valence-electron chi connectivity index (χ4n) is 2.14. The normalized spacial score (nSPS) is 10.9. The number of amides is 1. The van der Waals surface area contributed by atoms with Crippen LogP contribution in [0.2, 0.25) is 0 Å². The van der Waals surface area contributed by atoms with Crippen LogP contribution in [0.5, 0.6) is 0 Å². The molecule has 0 aliphatic carbocycles. The van der Waals surface area contributed by atoms with E-state index < -0.39 is 5.97 Å². The van der Waals surface area contributed by atoms with Gasteiger partial charge in [-0.15, -0.1) is 0 Å². The summed E-state index contributed by atoms with van der Waals surface area (Å²) in [6, 6.07) is 6.69. The van der Waals surface area contributed by atoms with E-state index in [9.17, 15) is 9.59 Å². The maximum atomic E-state index is 12.2. The molecule has 0 aromatic heterocycles. The Labute approximate surface area is 144 Å². The lowest BCUT2D eigenvalue weighted by atomic mass is 10.1. The Bertz CT molecular complexity index is 626. The Morgan fingerprint density at radius 2 is 1.75 bits per heavy atom. The second kappa shape index (κ2) is 10.4. The van der Waals surface area contributed by atoms with Crippen LogP contribution in [0.3, 0.4) is 0 Å². The first-order valence-corrected chi connectivity index (χ1v) is 8.29. The van der Waals surface area contributed by atoms with Gasteiger partial charge in [0.05, 0.1) is 11.1 Å². The van der Waals surface area contributed by atoms with Crippen molar-refractivity contribution in [3.63, 3.8) is 0 Å². The van der Waals surface area contributed by atoms with Gasteiger partial charge in [-0.2, -0.15) is 0 Å². The van der Waals surface area contributed by atoms with Crippen LogP contribution in [0.4, 0.5) is 0 Å². The van der Waals surface area contributed by atoms with Gasteiger partial charge in [-0.25, -0.2) is 4.79 Å². The zero-order valence-electron chi connectivity index (χ0n) is 15.0. The highest BCUT2D eigenvalue weighted by Gasteiger charge is 2.16. The number of hydrogen-bond donors (Lipinski definition) is 1. The third-order valence-electron chi connectivity index (χ3n) is 3.47. The summed E-state index contributed by atoms with van der Waals surface area (Å²) in [5, 5.41) is 2.70. The van der Waals surface area contributed by atoms with Crippen LogP contribution in [0, 0.1) is 0 Å². The minimum absolute atomic E-state index is 0.212. The molecule has 0 saturated carbocycles. The molecule has 0 aliphatic rings. The molecule has 1 N–H and O–H groups in total. The van der Waals surface area contributed by atoms with Gasteiger partial charge in [0, 0.05) is 6.54 Å². The van der Waals surface area contributed by atoms with E-state index in [0.717, 1.165) is 12.8 Å². The van der Waals surface area contributed by atoms with Crippen LogP contribution >= 0.6 is 0 Å². The number of benzene rings is 1. The summed E-state index contributed by atoms with van der Waals surface area (Å²) in [7, 11) is 0. The average Bonchev–Trinajstić information content (AvgIpc) is 2.54. The summed E-state index contributed by atoms with van der Waals surface area (Å²) < 4.78 is 5.28. The zero-order valence-corrected chi connectivity index (χ0v) is 15.0. The zero-order chi connectivity index (χ0) is 17.9. The molecule has 0 heterocycles. The summed E-state index contributed by atoms with van der Waals surface area (Å²) in [5.41, 5.74) is 3.11. The lowest BCUT2D eigenvalue weighted by molar-refractivity contribution is 0.0545. The fraction of sp³-hybridized carbons (Fsp3) is 0.400. The van der Waals surface area contributed by atoms with Crippen molar-refractivity contribution in [1.82, 2.24) is 5.32 Å². The summed E-state index contributed by atoms with van der Waals surface area (Å²) in [6.45, 7) is 8.73. The quantitative estimate of drug-likeness (QED) is 0.572. The summed E-state index contributed by atoms with van der Waals surface area (Å²) >= 11 is 0. The number of carbonyl (C=O) groups excluding carboxylic acids is 2. The molecule has 0 radical (unpaired) electrons. The molecule has 1 aromatic rings. The molecule has 0 unspecified atom stereocenters. The third kappa shape index (κ3) is 6.82. The molecule has 0 atom stereocenters. The second-order valence-corrected chi connectivity index (χ2v) is 5.87. The van der Waals surface area contributed by atoms with Gasteiger partial charge in [-0.1, -0.05) is 29.4 Å². The fourth-order valence-corrected chi connectivity index (χ4v) is 2.14. The highest BCUT2D eigenvalue weighted by atomic mass is 16.5. The maximum Gasteiger partial charge on any atom is 0.339 e. The molecule has 4 heteroatoms. The molecule has 0 bridgehead atoms. The van der Waals surface area contributed by atoms with Gasteiger partial charge in [0.15, 0.2) is 0 Å². The molecular weight excluding hydrogens is 302 g/mol. The van der Waals surface area contributed by atoms with E-state index in [2.05, 4.69) is 25.2 Å². The monoisotopic (exact) mass is 329 g/mol. The van der Waals surface area contributed by atoms with Crippen molar-refractivity contribution in [1.29, 1.82) is 0 Å². The SMILES string of the molecule is CCNC(=O)c1ccccc1C(=O)OC/C=C(\C)CCC=C(C)C. The van der Waals surface area contributed by atoms with E-state index in [1.165, 1.54) is 11.1 Å². The minimum atomic E-state index is -0.481. The molecular formula is C20H27NO3. The number of esters is 1.